The van der Waals surface area contributed by atoms with E-state index in [9.17, 15) is 0 Å². The van der Waals surface area contributed by atoms with Gasteiger partial charge < -0.3 is 0 Å². The Morgan fingerprint density at radius 1 is 1.27 bits per heavy atom. The standard InChI is InChI=1S/C9H9Cl2/c1-7(10)9(11)8-5-3-2-4-6-8/h2-6,9H,1H3. The third-order valence-electron chi connectivity index (χ3n) is 1.44. The summed E-state index contributed by atoms with van der Waals surface area (Å²) in [5.74, 6) is 0. The Hall–Kier alpha value is -0.200. The number of halogens is 2. The quantitative estimate of drug-likeness (QED) is 0.620. The molecule has 0 spiro atoms. The minimum atomic E-state index is -0.169. The van der Waals surface area contributed by atoms with Crippen LogP contribution in [0.1, 0.15) is 17.9 Å². The van der Waals surface area contributed by atoms with Crippen LogP contribution in [0.5, 0.6) is 0 Å². The molecule has 1 aromatic carbocycles. The third kappa shape index (κ3) is 2.39. The van der Waals surface area contributed by atoms with Gasteiger partial charge in [-0.2, -0.15) is 0 Å². The lowest BCUT2D eigenvalue weighted by molar-refractivity contribution is 1.04. The van der Waals surface area contributed by atoms with Crippen LogP contribution in [0.15, 0.2) is 30.3 Å². The molecule has 0 aromatic heterocycles. The number of alkyl halides is 1. The van der Waals surface area contributed by atoms with E-state index in [-0.39, 0.29) is 5.38 Å². The van der Waals surface area contributed by atoms with Crippen LogP contribution in [0.4, 0.5) is 0 Å². The fourth-order valence-electron chi connectivity index (χ4n) is 0.852. The molecular weight excluding hydrogens is 179 g/mol. The molecule has 0 fully saturated rings. The van der Waals surface area contributed by atoms with E-state index in [1.54, 1.807) is 0 Å². The summed E-state index contributed by atoms with van der Waals surface area (Å²) in [4.78, 5) is 0. The molecule has 0 N–H and O–H groups in total. The van der Waals surface area contributed by atoms with Gasteiger partial charge in [0.1, 0.15) is 0 Å². The van der Waals surface area contributed by atoms with E-state index >= 15 is 0 Å². The summed E-state index contributed by atoms with van der Waals surface area (Å²) in [6.45, 7) is 1.81. The third-order valence-corrected chi connectivity index (χ3v) is 2.35. The average molecular weight is 188 g/mol. The second-order valence-electron chi connectivity index (χ2n) is 2.36. The first-order valence-corrected chi connectivity index (χ1v) is 4.21. The van der Waals surface area contributed by atoms with Gasteiger partial charge in [-0.3, -0.25) is 0 Å². The van der Waals surface area contributed by atoms with Gasteiger partial charge in [-0.25, -0.2) is 0 Å². The molecule has 0 aliphatic rings. The van der Waals surface area contributed by atoms with Gasteiger partial charge in [-0.15, -0.1) is 23.2 Å². The van der Waals surface area contributed by atoms with Gasteiger partial charge >= 0.3 is 0 Å². The Labute approximate surface area is 77.1 Å². The van der Waals surface area contributed by atoms with Crippen molar-refractivity contribution in [2.75, 3.05) is 0 Å². The summed E-state index contributed by atoms with van der Waals surface area (Å²) in [7, 11) is 0. The number of benzene rings is 1. The molecule has 2 heteroatoms. The van der Waals surface area contributed by atoms with Crippen molar-refractivity contribution in [1.82, 2.24) is 0 Å². The highest BCUT2D eigenvalue weighted by Crippen LogP contribution is 2.32. The Bertz CT molecular complexity index is 206. The van der Waals surface area contributed by atoms with Crippen LogP contribution in [-0.2, 0) is 0 Å². The zero-order valence-electron chi connectivity index (χ0n) is 6.22. The van der Waals surface area contributed by atoms with E-state index < -0.39 is 0 Å². The monoisotopic (exact) mass is 187 g/mol. The lowest BCUT2D eigenvalue weighted by atomic mass is 10.1. The van der Waals surface area contributed by atoms with Crippen LogP contribution in [0.25, 0.3) is 0 Å². The number of rotatable bonds is 2. The van der Waals surface area contributed by atoms with E-state index in [0.717, 1.165) is 5.56 Å². The van der Waals surface area contributed by atoms with E-state index in [1.165, 1.54) is 0 Å². The van der Waals surface area contributed by atoms with Crippen LogP contribution in [0, 0.1) is 5.38 Å². The van der Waals surface area contributed by atoms with Gasteiger partial charge in [-0.1, -0.05) is 30.3 Å². The zero-order valence-corrected chi connectivity index (χ0v) is 7.73. The molecule has 1 unspecified atom stereocenters. The zero-order chi connectivity index (χ0) is 8.27. The molecule has 1 rings (SSSR count). The summed E-state index contributed by atoms with van der Waals surface area (Å²) < 4.78 is 0. The molecule has 11 heavy (non-hydrogen) atoms. The highest BCUT2D eigenvalue weighted by atomic mass is 35.5. The van der Waals surface area contributed by atoms with E-state index in [2.05, 4.69) is 0 Å². The van der Waals surface area contributed by atoms with Crippen molar-refractivity contribution in [3.8, 4) is 0 Å². The molecule has 0 bridgehead atoms. The lowest BCUT2D eigenvalue weighted by Gasteiger charge is -2.09. The second kappa shape index (κ2) is 3.99. The summed E-state index contributed by atoms with van der Waals surface area (Å²) in [5, 5.41) is 0.538. The predicted molar refractivity (Wildman–Crippen MR) is 49.8 cm³/mol. The van der Waals surface area contributed by atoms with Crippen molar-refractivity contribution < 1.29 is 0 Å². The molecule has 59 valence electrons. The maximum atomic E-state index is 5.97. The fraction of sp³-hybridized carbons (Fsp3) is 0.222. The van der Waals surface area contributed by atoms with E-state index in [0.29, 0.717) is 5.38 Å². The average Bonchev–Trinajstić information content (AvgIpc) is 2.05. The van der Waals surface area contributed by atoms with Gasteiger partial charge in [-0.05, 0) is 12.5 Å². The normalized spacial score (nSPS) is 13.5. The van der Waals surface area contributed by atoms with Crippen LogP contribution >= 0.6 is 23.2 Å². The molecule has 0 saturated heterocycles. The summed E-state index contributed by atoms with van der Waals surface area (Å²) in [5.41, 5.74) is 1.04. The highest BCUT2D eigenvalue weighted by Gasteiger charge is 2.13. The van der Waals surface area contributed by atoms with E-state index in [4.69, 9.17) is 23.2 Å². The van der Waals surface area contributed by atoms with Crippen molar-refractivity contribution in [3.63, 3.8) is 0 Å². The Morgan fingerprint density at radius 2 is 1.82 bits per heavy atom. The topological polar surface area (TPSA) is 0 Å². The molecule has 1 aromatic rings. The summed E-state index contributed by atoms with van der Waals surface area (Å²) in [6.07, 6.45) is 0. The number of hydrogen-bond donors (Lipinski definition) is 0. The van der Waals surface area contributed by atoms with Crippen LogP contribution in [0.3, 0.4) is 0 Å². The first-order chi connectivity index (χ1) is 5.22. The molecule has 1 atom stereocenters. The highest BCUT2D eigenvalue weighted by molar-refractivity contribution is 6.34. The van der Waals surface area contributed by atoms with E-state index in [1.807, 2.05) is 37.3 Å². The molecule has 0 amide bonds. The van der Waals surface area contributed by atoms with Gasteiger partial charge in [0.05, 0.1) is 10.8 Å². The first-order valence-electron chi connectivity index (χ1n) is 3.40. The molecule has 0 heterocycles. The maximum absolute atomic E-state index is 5.97. The lowest BCUT2D eigenvalue weighted by Crippen LogP contribution is -1.93. The molecular formula is C9H9Cl2. The Morgan fingerprint density at radius 3 is 2.27 bits per heavy atom. The van der Waals surface area contributed by atoms with Crippen molar-refractivity contribution in [1.29, 1.82) is 0 Å². The maximum Gasteiger partial charge on any atom is 0.0828 e. The Kier molecular flexibility index (Phi) is 3.22. The van der Waals surface area contributed by atoms with Crippen molar-refractivity contribution in [2.45, 2.75) is 12.3 Å². The molecule has 0 aliphatic heterocycles. The fourth-order valence-corrected chi connectivity index (χ4v) is 1.12. The number of hydrogen-bond acceptors (Lipinski definition) is 0. The van der Waals surface area contributed by atoms with Gasteiger partial charge in [0, 0.05) is 0 Å². The first kappa shape index (κ1) is 8.89. The summed E-state index contributed by atoms with van der Waals surface area (Å²) >= 11 is 11.7. The predicted octanol–water partition coefficient (Wildman–Crippen LogP) is 3.76. The largest absolute Gasteiger partial charge is 0.116 e. The van der Waals surface area contributed by atoms with Gasteiger partial charge in [0.15, 0.2) is 0 Å². The minimum Gasteiger partial charge on any atom is -0.116 e. The summed E-state index contributed by atoms with van der Waals surface area (Å²) in [6, 6.07) is 9.78. The molecule has 0 saturated carbocycles. The minimum absolute atomic E-state index is 0.169. The van der Waals surface area contributed by atoms with Crippen LogP contribution in [0.2, 0.25) is 0 Å². The molecule has 0 aliphatic carbocycles. The molecule has 0 nitrogen and oxygen atoms in total. The van der Waals surface area contributed by atoms with Crippen molar-refractivity contribution in [3.05, 3.63) is 41.3 Å². The second-order valence-corrected chi connectivity index (χ2v) is 3.39. The molecule has 1 radical (unpaired) electrons. The van der Waals surface area contributed by atoms with Gasteiger partial charge in [0.2, 0.25) is 0 Å². The van der Waals surface area contributed by atoms with Gasteiger partial charge in [0.25, 0.3) is 0 Å². The van der Waals surface area contributed by atoms with Crippen LogP contribution in [-0.4, -0.2) is 0 Å². The van der Waals surface area contributed by atoms with Crippen molar-refractivity contribution >= 4 is 23.2 Å². The SMILES string of the molecule is C[C](Cl)C(Cl)c1ccccc1. The van der Waals surface area contributed by atoms with Crippen molar-refractivity contribution in [2.24, 2.45) is 0 Å². The smallest absolute Gasteiger partial charge is 0.0828 e. The van der Waals surface area contributed by atoms with Crippen LogP contribution < -0.4 is 0 Å². The Balaban J connectivity index is 2.77.